The van der Waals surface area contributed by atoms with Crippen LogP contribution in [0.2, 0.25) is 0 Å². The van der Waals surface area contributed by atoms with Gasteiger partial charge in [-0.3, -0.25) is 9.59 Å². The summed E-state index contributed by atoms with van der Waals surface area (Å²) in [5, 5.41) is 2.44. The Hall–Kier alpha value is -2.70. The SMILES string of the molecule is COc1cc(C=CC(=O)NC(C)C(N)=O)cc(OC)c1OC. The Balaban J connectivity index is 2.96. The molecule has 120 valence electrons. The molecule has 0 fully saturated rings. The number of benzene rings is 1. The molecule has 1 atom stereocenters. The van der Waals surface area contributed by atoms with Crippen LogP contribution in [0.25, 0.3) is 6.08 Å². The van der Waals surface area contributed by atoms with E-state index in [1.165, 1.54) is 34.3 Å². The highest BCUT2D eigenvalue weighted by Gasteiger charge is 2.13. The Labute approximate surface area is 129 Å². The van der Waals surface area contributed by atoms with Gasteiger partial charge in [-0.05, 0) is 30.7 Å². The average Bonchev–Trinajstić information content (AvgIpc) is 2.51. The fourth-order valence-corrected chi connectivity index (χ4v) is 1.70. The Morgan fingerprint density at radius 2 is 1.68 bits per heavy atom. The third kappa shape index (κ3) is 4.41. The molecule has 0 saturated heterocycles. The van der Waals surface area contributed by atoms with Crippen LogP contribution in [0, 0.1) is 0 Å². The van der Waals surface area contributed by atoms with Gasteiger partial charge < -0.3 is 25.3 Å². The van der Waals surface area contributed by atoms with Crippen molar-refractivity contribution in [3.05, 3.63) is 23.8 Å². The maximum Gasteiger partial charge on any atom is 0.244 e. The second-order valence-electron chi connectivity index (χ2n) is 4.42. The number of primary amides is 1. The molecule has 0 spiro atoms. The minimum Gasteiger partial charge on any atom is -0.493 e. The lowest BCUT2D eigenvalue weighted by Crippen LogP contribution is -2.41. The molecule has 0 saturated carbocycles. The molecule has 0 bridgehead atoms. The lowest BCUT2D eigenvalue weighted by atomic mass is 10.1. The Bertz CT molecular complexity index is 558. The first-order chi connectivity index (χ1) is 10.4. The van der Waals surface area contributed by atoms with Crippen molar-refractivity contribution in [3.8, 4) is 17.2 Å². The summed E-state index contributed by atoms with van der Waals surface area (Å²) in [6.07, 6.45) is 2.85. The van der Waals surface area contributed by atoms with Gasteiger partial charge in [-0.2, -0.15) is 0 Å². The largest absolute Gasteiger partial charge is 0.493 e. The van der Waals surface area contributed by atoms with Gasteiger partial charge in [-0.25, -0.2) is 0 Å². The minimum atomic E-state index is -0.739. The highest BCUT2D eigenvalue weighted by Crippen LogP contribution is 2.38. The first kappa shape index (κ1) is 17.4. The fraction of sp³-hybridized carbons (Fsp3) is 0.333. The van der Waals surface area contributed by atoms with E-state index in [0.29, 0.717) is 22.8 Å². The van der Waals surface area contributed by atoms with Crippen LogP contribution >= 0.6 is 0 Å². The van der Waals surface area contributed by atoms with Crippen LogP contribution in [0.3, 0.4) is 0 Å². The van der Waals surface area contributed by atoms with E-state index in [4.69, 9.17) is 19.9 Å². The molecule has 7 nitrogen and oxygen atoms in total. The second-order valence-corrected chi connectivity index (χ2v) is 4.42. The molecule has 2 amide bonds. The normalized spacial score (nSPS) is 11.8. The van der Waals surface area contributed by atoms with E-state index in [9.17, 15) is 9.59 Å². The molecule has 0 aliphatic heterocycles. The van der Waals surface area contributed by atoms with Gasteiger partial charge in [0.25, 0.3) is 0 Å². The standard InChI is InChI=1S/C15H20N2O5/c1-9(15(16)19)17-13(18)6-5-10-7-11(20-2)14(22-4)12(8-10)21-3/h5-9H,1-4H3,(H2,16,19)(H,17,18). The van der Waals surface area contributed by atoms with Crippen LogP contribution in [0.4, 0.5) is 0 Å². The van der Waals surface area contributed by atoms with E-state index in [1.807, 2.05) is 0 Å². The molecule has 3 N–H and O–H groups in total. The van der Waals surface area contributed by atoms with Crippen molar-refractivity contribution in [2.45, 2.75) is 13.0 Å². The summed E-state index contributed by atoms with van der Waals surface area (Å²) in [7, 11) is 4.52. The summed E-state index contributed by atoms with van der Waals surface area (Å²) in [6.45, 7) is 1.51. The summed E-state index contributed by atoms with van der Waals surface area (Å²) in [6, 6.07) is 2.66. The van der Waals surface area contributed by atoms with Gasteiger partial charge in [0, 0.05) is 6.08 Å². The highest BCUT2D eigenvalue weighted by molar-refractivity contribution is 5.95. The van der Waals surface area contributed by atoms with E-state index in [1.54, 1.807) is 18.2 Å². The van der Waals surface area contributed by atoms with E-state index in [0.717, 1.165) is 0 Å². The zero-order valence-corrected chi connectivity index (χ0v) is 13.0. The number of carbonyl (C=O) groups is 2. The van der Waals surface area contributed by atoms with Crippen LogP contribution < -0.4 is 25.3 Å². The molecule has 1 aromatic carbocycles. The van der Waals surface area contributed by atoms with Gasteiger partial charge in [-0.15, -0.1) is 0 Å². The number of carbonyl (C=O) groups excluding carboxylic acids is 2. The predicted octanol–water partition coefficient (Wildman–Crippen LogP) is 0.716. The first-order valence-corrected chi connectivity index (χ1v) is 6.50. The van der Waals surface area contributed by atoms with Gasteiger partial charge in [-0.1, -0.05) is 0 Å². The third-order valence-corrected chi connectivity index (χ3v) is 2.90. The third-order valence-electron chi connectivity index (χ3n) is 2.90. The van der Waals surface area contributed by atoms with Gasteiger partial charge in [0.15, 0.2) is 11.5 Å². The van der Waals surface area contributed by atoms with Crippen LogP contribution in [0.15, 0.2) is 18.2 Å². The van der Waals surface area contributed by atoms with E-state index in [2.05, 4.69) is 5.32 Å². The number of amides is 2. The molecule has 7 heteroatoms. The molecule has 1 rings (SSSR count). The topological polar surface area (TPSA) is 99.9 Å². The summed E-state index contributed by atoms with van der Waals surface area (Å²) < 4.78 is 15.7. The lowest BCUT2D eigenvalue weighted by Gasteiger charge is -2.13. The highest BCUT2D eigenvalue weighted by atomic mass is 16.5. The molecular formula is C15H20N2O5. The van der Waals surface area contributed by atoms with Crippen LogP contribution in [0.5, 0.6) is 17.2 Å². The molecule has 0 aliphatic rings. The Morgan fingerprint density at radius 1 is 1.14 bits per heavy atom. The van der Waals surface area contributed by atoms with Gasteiger partial charge in [0.05, 0.1) is 21.3 Å². The van der Waals surface area contributed by atoms with Crippen LogP contribution in [-0.4, -0.2) is 39.2 Å². The number of ether oxygens (including phenoxy) is 3. The molecule has 0 aliphatic carbocycles. The molecule has 1 aromatic rings. The smallest absolute Gasteiger partial charge is 0.244 e. The Kier molecular flexibility index (Phi) is 6.25. The monoisotopic (exact) mass is 308 g/mol. The number of methoxy groups -OCH3 is 3. The Morgan fingerprint density at radius 3 is 2.09 bits per heavy atom. The fourth-order valence-electron chi connectivity index (χ4n) is 1.70. The number of nitrogens with one attached hydrogen (secondary N) is 1. The van der Waals surface area contributed by atoms with Crippen molar-refractivity contribution in [1.82, 2.24) is 5.32 Å². The number of rotatable bonds is 7. The van der Waals surface area contributed by atoms with Crippen molar-refractivity contribution in [2.75, 3.05) is 21.3 Å². The maximum absolute atomic E-state index is 11.7. The molecular weight excluding hydrogens is 288 g/mol. The van der Waals surface area contributed by atoms with Crippen molar-refractivity contribution >= 4 is 17.9 Å². The van der Waals surface area contributed by atoms with E-state index < -0.39 is 17.9 Å². The van der Waals surface area contributed by atoms with Gasteiger partial charge in [0.1, 0.15) is 6.04 Å². The molecule has 0 radical (unpaired) electrons. The minimum absolute atomic E-state index is 0.431. The zero-order chi connectivity index (χ0) is 16.7. The lowest BCUT2D eigenvalue weighted by molar-refractivity contribution is -0.124. The molecule has 0 heterocycles. The van der Waals surface area contributed by atoms with Crippen LogP contribution in [-0.2, 0) is 9.59 Å². The number of nitrogens with two attached hydrogens (primary N) is 1. The quantitative estimate of drug-likeness (QED) is 0.723. The maximum atomic E-state index is 11.7. The van der Waals surface area contributed by atoms with Crippen molar-refractivity contribution < 1.29 is 23.8 Å². The first-order valence-electron chi connectivity index (χ1n) is 6.50. The van der Waals surface area contributed by atoms with E-state index in [-0.39, 0.29) is 0 Å². The zero-order valence-electron chi connectivity index (χ0n) is 13.0. The van der Waals surface area contributed by atoms with Crippen molar-refractivity contribution in [1.29, 1.82) is 0 Å². The summed E-state index contributed by atoms with van der Waals surface area (Å²) >= 11 is 0. The van der Waals surface area contributed by atoms with Crippen LogP contribution in [0.1, 0.15) is 12.5 Å². The molecule has 22 heavy (non-hydrogen) atoms. The van der Waals surface area contributed by atoms with Crippen molar-refractivity contribution in [3.63, 3.8) is 0 Å². The summed E-state index contributed by atoms with van der Waals surface area (Å²) in [4.78, 5) is 22.6. The number of hydrogen-bond acceptors (Lipinski definition) is 5. The van der Waals surface area contributed by atoms with Gasteiger partial charge in [0.2, 0.25) is 17.6 Å². The van der Waals surface area contributed by atoms with E-state index >= 15 is 0 Å². The molecule has 1 unspecified atom stereocenters. The predicted molar refractivity (Wildman–Crippen MR) is 81.9 cm³/mol. The molecule has 0 aromatic heterocycles. The summed E-state index contributed by atoms with van der Waals surface area (Å²) in [5.41, 5.74) is 5.75. The summed E-state index contributed by atoms with van der Waals surface area (Å²) in [5.74, 6) is 0.392. The second kappa shape index (κ2) is 7.92. The number of hydrogen-bond donors (Lipinski definition) is 2. The van der Waals surface area contributed by atoms with Crippen molar-refractivity contribution in [2.24, 2.45) is 5.73 Å². The average molecular weight is 308 g/mol. The van der Waals surface area contributed by atoms with Gasteiger partial charge >= 0.3 is 0 Å².